The Balaban J connectivity index is 1.96. The number of amides is 1. The van der Waals surface area contributed by atoms with Gasteiger partial charge in [0, 0.05) is 23.5 Å². The van der Waals surface area contributed by atoms with E-state index in [1.165, 1.54) is 24.3 Å². The number of aromatic nitrogens is 1. The lowest BCUT2D eigenvalue weighted by molar-refractivity contribution is -0.119. The molecule has 0 saturated heterocycles. The summed E-state index contributed by atoms with van der Waals surface area (Å²) in [6, 6.07) is 7.87. The molecule has 0 saturated carbocycles. The minimum Gasteiger partial charge on any atom is -0.484 e. The molecule has 1 heterocycles. The van der Waals surface area contributed by atoms with Crippen LogP contribution in [0, 0.1) is 13.8 Å². The van der Waals surface area contributed by atoms with Crippen molar-refractivity contribution in [2.45, 2.75) is 33.7 Å². The van der Waals surface area contributed by atoms with Gasteiger partial charge in [0.05, 0.1) is 5.56 Å². The zero-order valence-electron chi connectivity index (χ0n) is 15.8. The summed E-state index contributed by atoms with van der Waals surface area (Å²) in [4.78, 5) is 35.2. The number of carbonyl (C=O) groups is 3. The molecule has 0 atom stereocenters. The van der Waals surface area contributed by atoms with E-state index in [2.05, 4.69) is 11.5 Å². The number of benzene rings is 1. The van der Waals surface area contributed by atoms with Gasteiger partial charge in [-0.3, -0.25) is 9.59 Å². The third kappa shape index (κ3) is 5.20. The Bertz CT molecular complexity index is 837. The largest absolute Gasteiger partial charge is 0.484 e. The Hall–Kier alpha value is -3.09. The second kappa shape index (κ2) is 9.02. The molecule has 0 spiro atoms. The third-order valence-corrected chi connectivity index (χ3v) is 4.13. The van der Waals surface area contributed by atoms with E-state index in [9.17, 15) is 14.4 Å². The molecule has 144 valence electrons. The Labute approximate surface area is 158 Å². The molecule has 0 radical (unpaired) electrons. The first-order chi connectivity index (χ1) is 12.8. The zero-order valence-corrected chi connectivity index (χ0v) is 15.8. The van der Waals surface area contributed by atoms with E-state index in [1.807, 2.05) is 19.9 Å². The second-order valence-electron chi connectivity index (χ2n) is 6.22. The number of hydrogen-bond donors (Lipinski definition) is 1. The number of rotatable bonds is 9. The monoisotopic (exact) mass is 372 g/mol. The van der Waals surface area contributed by atoms with E-state index in [-0.39, 0.29) is 24.6 Å². The molecule has 0 aliphatic heterocycles. The number of hydrogen-bond acceptors (Lipinski definition) is 5. The van der Waals surface area contributed by atoms with E-state index < -0.39 is 11.9 Å². The Morgan fingerprint density at radius 1 is 1.07 bits per heavy atom. The van der Waals surface area contributed by atoms with Crippen LogP contribution in [0.3, 0.4) is 0 Å². The van der Waals surface area contributed by atoms with Gasteiger partial charge >= 0.3 is 5.97 Å². The van der Waals surface area contributed by atoms with Crippen molar-refractivity contribution in [1.82, 2.24) is 4.57 Å². The molecule has 0 unspecified atom stereocenters. The van der Waals surface area contributed by atoms with Gasteiger partial charge in [-0.1, -0.05) is 6.92 Å². The summed E-state index contributed by atoms with van der Waals surface area (Å²) in [5.41, 5.74) is 7.75. The van der Waals surface area contributed by atoms with Crippen molar-refractivity contribution in [1.29, 1.82) is 0 Å². The highest BCUT2D eigenvalue weighted by Crippen LogP contribution is 2.17. The fraction of sp³-hybridized carbons (Fsp3) is 0.350. The van der Waals surface area contributed by atoms with Crippen LogP contribution in [0.15, 0.2) is 30.3 Å². The van der Waals surface area contributed by atoms with Crippen LogP contribution in [-0.4, -0.2) is 35.4 Å². The molecule has 27 heavy (non-hydrogen) atoms. The first kappa shape index (κ1) is 20.2. The number of Topliss-reactive ketones (excluding diaryl/α,β-unsaturated/α-hetero) is 1. The third-order valence-electron chi connectivity index (χ3n) is 4.13. The fourth-order valence-corrected chi connectivity index (χ4v) is 2.78. The molecule has 1 aromatic carbocycles. The van der Waals surface area contributed by atoms with Crippen molar-refractivity contribution in [2.75, 3.05) is 13.2 Å². The quantitative estimate of drug-likeness (QED) is 0.538. The molecule has 0 bridgehead atoms. The Morgan fingerprint density at radius 3 is 2.33 bits per heavy atom. The van der Waals surface area contributed by atoms with Gasteiger partial charge in [0.2, 0.25) is 5.78 Å². The fourth-order valence-electron chi connectivity index (χ4n) is 2.78. The van der Waals surface area contributed by atoms with E-state index >= 15 is 0 Å². The molecule has 1 aromatic heterocycles. The van der Waals surface area contributed by atoms with Crippen LogP contribution < -0.4 is 10.5 Å². The van der Waals surface area contributed by atoms with E-state index in [0.29, 0.717) is 11.3 Å². The maximum Gasteiger partial charge on any atom is 0.338 e. The van der Waals surface area contributed by atoms with Crippen LogP contribution in [0.1, 0.15) is 45.4 Å². The molecule has 0 aliphatic carbocycles. The van der Waals surface area contributed by atoms with Crippen LogP contribution in [-0.2, 0) is 16.1 Å². The number of primary amides is 1. The molecule has 2 rings (SSSR count). The van der Waals surface area contributed by atoms with Gasteiger partial charge in [-0.05, 0) is 50.6 Å². The summed E-state index contributed by atoms with van der Waals surface area (Å²) in [7, 11) is 0. The maximum atomic E-state index is 12.4. The molecule has 2 aromatic rings. The molecule has 0 fully saturated rings. The SMILES string of the molecule is CCCn1c(C)cc(C(=O)COC(=O)c2ccc(OCC(N)=O)cc2)c1C. The minimum absolute atomic E-state index is 0.236. The molecular weight excluding hydrogens is 348 g/mol. The van der Waals surface area contributed by atoms with Gasteiger partial charge in [0.15, 0.2) is 13.2 Å². The highest BCUT2D eigenvalue weighted by molar-refractivity contribution is 6.00. The van der Waals surface area contributed by atoms with Gasteiger partial charge in [-0.2, -0.15) is 0 Å². The van der Waals surface area contributed by atoms with Crippen molar-refractivity contribution in [2.24, 2.45) is 5.73 Å². The lowest BCUT2D eigenvalue weighted by Crippen LogP contribution is -2.20. The lowest BCUT2D eigenvalue weighted by Gasteiger charge is -2.08. The summed E-state index contributed by atoms with van der Waals surface area (Å²) < 4.78 is 12.3. The van der Waals surface area contributed by atoms with Crippen LogP contribution in [0.5, 0.6) is 5.75 Å². The number of esters is 1. The molecular formula is C20H24N2O5. The number of ether oxygens (including phenoxy) is 2. The Kier molecular flexibility index (Phi) is 6.76. The van der Waals surface area contributed by atoms with Gasteiger partial charge in [0.1, 0.15) is 5.75 Å². The van der Waals surface area contributed by atoms with Crippen molar-refractivity contribution in [3.05, 3.63) is 52.8 Å². The summed E-state index contributed by atoms with van der Waals surface area (Å²) in [6.45, 7) is 6.20. The number of aryl methyl sites for hydroxylation is 1. The molecule has 1 amide bonds. The summed E-state index contributed by atoms with van der Waals surface area (Å²) in [5, 5.41) is 0. The van der Waals surface area contributed by atoms with Gasteiger partial charge in [0.25, 0.3) is 5.91 Å². The highest BCUT2D eigenvalue weighted by atomic mass is 16.5. The lowest BCUT2D eigenvalue weighted by atomic mass is 10.1. The normalized spacial score (nSPS) is 10.5. The predicted octanol–water partition coefficient (Wildman–Crippen LogP) is 2.42. The van der Waals surface area contributed by atoms with Crippen LogP contribution in [0.4, 0.5) is 0 Å². The average molecular weight is 372 g/mol. The van der Waals surface area contributed by atoms with E-state index in [0.717, 1.165) is 24.4 Å². The highest BCUT2D eigenvalue weighted by Gasteiger charge is 2.17. The molecule has 0 aliphatic rings. The maximum absolute atomic E-state index is 12.4. The summed E-state index contributed by atoms with van der Waals surface area (Å²) in [5.74, 6) is -1.02. The second-order valence-corrected chi connectivity index (χ2v) is 6.22. The van der Waals surface area contributed by atoms with Crippen LogP contribution >= 0.6 is 0 Å². The van der Waals surface area contributed by atoms with E-state index in [1.54, 1.807) is 0 Å². The predicted molar refractivity (Wildman–Crippen MR) is 99.9 cm³/mol. The topological polar surface area (TPSA) is 101 Å². The van der Waals surface area contributed by atoms with Crippen molar-refractivity contribution >= 4 is 17.7 Å². The number of ketones is 1. The number of nitrogens with two attached hydrogens (primary N) is 1. The van der Waals surface area contributed by atoms with Gasteiger partial charge in [-0.15, -0.1) is 0 Å². The van der Waals surface area contributed by atoms with Crippen molar-refractivity contribution in [3.8, 4) is 5.75 Å². The summed E-state index contributed by atoms with van der Waals surface area (Å²) in [6.07, 6.45) is 0.970. The molecule has 2 N–H and O–H groups in total. The Morgan fingerprint density at radius 2 is 1.74 bits per heavy atom. The number of carbonyl (C=O) groups excluding carboxylic acids is 3. The first-order valence-electron chi connectivity index (χ1n) is 8.71. The van der Waals surface area contributed by atoms with Crippen molar-refractivity contribution in [3.63, 3.8) is 0 Å². The minimum atomic E-state index is -0.604. The van der Waals surface area contributed by atoms with Crippen LogP contribution in [0.25, 0.3) is 0 Å². The molecule has 7 nitrogen and oxygen atoms in total. The standard InChI is InChI=1S/C20H24N2O5/c1-4-9-22-13(2)10-17(14(22)3)18(23)11-27-20(25)15-5-7-16(8-6-15)26-12-19(21)24/h5-8,10H,4,9,11-12H2,1-3H3,(H2,21,24). The van der Waals surface area contributed by atoms with Crippen LogP contribution in [0.2, 0.25) is 0 Å². The first-order valence-corrected chi connectivity index (χ1v) is 8.71. The average Bonchev–Trinajstić information content (AvgIpc) is 2.93. The van der Waals surface area contributed by atoms with Gasteiger partial charge in [-0.25, -0.2) is 4.79 Å². The van der Waals surface area contributed by atoms with E-state index in [4.69, 9.17) is 15.2 Å². The molecule has 7 heteroatoms. The zero-order chi connectivity index (χ0) is 20.0. The number of nitrogens with zero attached hydrogens (tertiary/aromatic N) is 1. The van der Waals surface area contributed by atoms with Gasteiger partial charge < -0.3 is 19.8 Å². The summed E-state index contributed by atoms with van der Waals surface area (Å²) >= 11 is 0. The van der Waals surface area contributed by atoms with Crippen molar-refractivity contribution < 1.29 is 23.9 Å². The smallest absolute Gasteiger partial charge is 0.338 e.